The quantitative estimate of drug-likeness (QED) is 0.686. The topological polar surface area (TPSA) is 79.0 Å². The number of carbonyl (C=O) groups excluding carboxylic acids is 3. The Labute approximate surface area is 174 Å². The Hall–Kier alpha value is -2.05. The molecule has 0 radical (unpaired) electrons. The van der Waals surface area contributed by atoms with Gasteiger partial charge in [-0.2, -0.15) is 0 Å². The van der Waals surface area contributed by atoms with Crippen molar-refractivity contribution in [1.29, 1.82) is 0 Å². The van der Waals surface area contributed by atoms with Crippen molar-refractivity contribution in [2.24, 2.45) is 5.41 Å². The predicted molar refractivity (Wildman–Crippen MR) is 112 cm³/mol. The van der Waals surface area contributed by atoms with Gasteiger partial charge in [0.05, 0.1) is 5.41 Å². The van der Waals surface area contributed by atoms with E-state index in [1.807, 2.05) is 20.8 Å². The molecule has 2 fully saturated rings. The Morgan fingerprint density at radius 1 is 1.14 bits per heavy atom. The number of nitrogens with one attached hydrogen (secondary N) is 1. The summed E-state index contributed by atoms with van der Waals surface area (Å²) < 4.78 is 5.55. The van der Waals surface area contributed by atoms with Gasteiger partial charge in [0.2, 0.25) is 11.8 Å². The second kappa shape index (κ2) is 8.76. The fourth-order valence-corrected chi connectivity index (χ4v) is 4.65. The molecular weight excluding hydrogens is 370 g/mol. The summed E-state index contributed by atoms with van der Waals surface area (Å²) in [6.45, 7) is 10.0. The van der Waals surface area contributed by atoms with Crippen LogP contribution in [0.2, 0.25) is 0 Å². The van der Waals surface area contributed by atoms with E-state index in [9.17, 15) is 14.4 Å². The van der Waals surface area contributed by atoms with E-state index in [1.165, 1.54) is 0 Å². The van der Waals surface area contributed by atoms with E-state index < -0.39 is 22.6 Å². The lowest BCUT2D eigenvalue weighted by atomic mass is 9.83. The van der Waals surface area contributed by atoms with Crippen LogP contribution in [0.5, 0.6) is 0 Å². The Balaban J connectivity index is 2.20. The lowest BCUT2D eigenvalue weighted by molar-refractivity contribution is -0.140. The Kier molecular flexibility index (Phi) is 7.01. The molecule has 2 rings (SSSR count). The summed E-state index contributed by atoms with van der Waals surface area (Å²) in [5.41, 5.74) is -2.20. The van der Waals surface area contributed by atoms with Gasteiger partial charge in [-0.05, 0) is 52.9 Å². The number of likely N-dealkylation sites (tertiary alicyclic amines) is 1. The maximum Gasteiger partial charge on any atom is 0.411 e. The molecule has 1 aliphatic heterocycles. The second-order valence-corrected chi connectivity index (χ2v) is 9.63. The zero-order valence-corrected chi connectivity index (χ0v) is 18.7. The van der Waals surface area contributed by atoms with Crippen LogP contribution in [0.25, 0.3) is 0 Å². The van der Waals surface area contributed by atoms with E-state index in [1.54, 1.807) is 30.0 Å². The highest BCUT2D eigenvalue weighted by Gasteiger charge is 2.51. The van der Waals surface area contributed by atoms with Crippen LogP contribution in [0.3, 0.4) is 0 Å². The first-order valence-corrected chi connectivity index (χ1v) is 10.6. The third kappa shape index (κ3) is 4.93. The van der Waals surface area contributed by atoms with Crippen molar-refractivity contribution in [3.05, 3.63) is 12.7 Å². The Bertz CT molecular complexity index is 647. The third-order valence-corrected chi connectivity index (χ3v) is 6.02. The van der Waals surface area contributed by atoms with E-state index >= 15 is 0 Å². The zero-order valence-electron chi connectivity index (χ0n) is 18.7. The summed E-state index contributed by atoms with van der Waals surface area (Å²) in [5.74, 6) is -0.165. The maximum absolute atomic E-state index is 13.4. The van der Waals surface area contributed by atoms with Crippen molar-refractivity contribution >= 4 is 17.9 Å². The molecule has 7 nitrogen and oxygen atoms in total. The van der Waals surface area contributed by atoms with Crippen LogP contribution in [0.15, 0.2) is 12.7 Å². The predicted octanol–water partition coefficient (Wildman–Crippen LogP) is 3.10. The van der Waals surface area contributed by atoms with Gasteiger partial charge in [-0.15, -0.1) is 6.58 Å². The average Bonchev–Trinajstić information content (AvgIpc) is 3.26. The van der Waals surface area contributed by atoms with Crippen LogP contribution < -0.4 is 5.32 Å². The smallest absolute Gasteiger partial charge is 0.411 e. The van der Waals surface area contributed by atoms with Crippen LogP contribution in [0, 0.1) is 5.41 Å². The van der Waals surface area contributed by atoms with Crippen molar-refractivity contribution in [2.45, 2.75) is 76.9 Å². The zero-order chi connectivity index (χ0) is 21.9. The first-order chi connectivity index (χ1) is 13.5. The normalized spacial score (nSPS) is 23.6. The summed E-state index contributed by atoms with van der Waals surface area (Å²) in [7, 11) is 3.51. The van der Waals surface area contributed by atoms with Gasteiger partial charge in [0.25, 0.3) is 0 Å². The van der Waals surface area contributed by atoms with Crippen molar-refractivity contribution in [1.82, 2.24) is 15.1 Å². The van der Waals surface area contributed by atoms with Gasteiger partial charge in [-0.3, -0.25) is 14.5 Å². The molecule has 1 heterocycles. The summed E-state index contributed by atoms with van der Waals surface area (Å²) in [4.78, 5) is 42.2. The van der Waals surface area contributed by atoms with Gasteiger partial charge in [-0.25, -0.2) is 4.79 Å². The fraction of sp³-hybridized carbons (Fsp3) is 0.773. The number of nitrogens with zero attached hydrogens (tertiary/aromatic N) is 2. The molecule has 0 bridgehead atoms. The van der Waals surface area contributed by atoms with E-state index in [0.717, 1.165) is 32.1 Å². The summed E-state index contributed by atoms with van der Waals surface area (Å²) >= 11 is 0. The van der Waals surface area contributed by atoms with Gasteiger partial charge >= 0.3 is 6.09 Å². The highest BCUT2D eigenvalue weighted by Crippen LogP contribution is 2.40. The number of carbonyl (C=O) groups is 3. The van der Waals surface area contributed by atoms with Crippen LogP contribution in [-0.2, 0) is 14.3 Å². The molecule has 0 aromatic rings. The monoisotopic (exact) mass is 407 g/mol. The van der Waals surface area contributed by atoms with Gasteiger partial charge in [0, 0.05) is 27.2 Å². The van der Waals surface area contributed by atoms with E-state index in [-0.39, 0.29) is 11.8 Å². The summed E-state index contributed by atoms with van der Waals surface area (Å²) in [5, 5.41) is 3.03. The number of rotatable bonds is 6. The molecule has 7 heteroatoms. The average molecular weight is 408 g/mol. The first-order valence-electron chi connectivity index (χ1n) is 10.6. The minimum Gasteiger partial charge on any atom is -0.444 e. The fourth-order valence-electron chi connectivity index (χ4n) is 4.65. The van der Waals surface area contributed by atoms with Crippen LogP contribution >= 0.6 is 0 Å². The van der Waals surface area contributed by atoms with Crippen molar-refractivity contribution < 1.29 is 19.1 Å². The molecule has 1 saturated heterocycles. The van der Waals surface area contributed by atoms with E-state index in [2.05, 4.69) is 11.9 Å². The van der Waals surface area contributed by atoms with Crippen LogP contribution in [0.1, 0.15) is 65.7 Å². The molecule has 1 N–H and O–H groups in total. The standard InChI is InChI=1S/C22H37N3O4/c1-7-11-22(14-10-15-25(22)19(28)29-20(2,3)4)17(26)23-16-21(12-8-9-13-21)18(27)24(5)6/h7H,1,8-16H2,2-6H3,(H,23,26)/t22-/m1/s1. The molecular formula is C22H37N3O4. The van der Waals surface area contributed by atoms with Crippen molar-refractivity contribution in [2.75, 3.05) is 27.2 Å². The van der Waals surface area contributed by atoms with Crippen LogP contribution in [0.4, 0.5) is 4.79 Å². The van der Waals surface area contributed by atoms with Gasteiger partial charge in [0.1, 0.15) is 11.1 Å². The lowest BCUT2D eigenvalue weighted by Gasteiger charge is -2.38. The largest absolute Gasteiger partial charge is 0.444 e. The molecule has 3 amide bonds. The molecule has 29 heavy (non-hydrogen) atoms. The van der Waals surface area contributed by atoms with E-state index in [4.69, 9.17) is 4.74 Å². The molecule has 0 aromatic heterocycles. The lowest BCUT2D eigenvalue weighted by Crippen LogP contribution is -2.59. The summed E-state index contributed by atoms with van der Waals surface area (Å²) in [6, 6.07) is 0. The molecule has 2 aliphatic rings. The molecule has 0 unspecified atom stereocenters. The molecule has 1 aliphatic carbocycles. The maximum atomic E-state index is 13.4. The molecule has 0 aromatic carbocycles. The number of ether oxygens (including phenoxy) is 1. The molecule has 1 saturated carbocycles. The van der Waals surface area contributed by atoms with Crippen LogP contribution in [-0.4, -0.2) is 66.0 Å². The van der Waals surface area contributed by atoms with Gasteiger partial charge < -0.3 is 15.0 Å². The minimum absolute atomic E-state index is 0.0588. The van der Waals surface area contributed by atoms with E-state index in [0.29, 0.717) is 25.9 Å². The molecule has 164 valence electrons. The number of hydrogen-bond donors (Lipinski definition) is 1. The minimum atomic E-state index is -1.01. The molecule has 0 spiro atoms. The molecule has 1 atom stereocenters. The second-order valence-electron chi connectivity index (χ2n) is 9.63. The Morgan fingerprint density at radius 3 is 2.28 bits per heavy atom. The van der Waals surface area contributed by atoms with Crippen molar-refractivity contribution in [3.63, 3.8) is 0 Å². The highest BCUT2D eigenvalue weighted by atomic mass is 16.6. The summed E-state index contributed by atoms with van der Waals surface area (Å²) in [6.07, 6.45) is 6.34. The SMILES string of the molecule is C=CC[C@]1(C(=O)NCC2(C(=O)N(C)C)CCCC2)CCCN1C(=O)OC(C)(C)C. The Morgan fingerprint density at radius 2 is 1.76 bits per heavy atom. The van der Waals surface area contributed by atoms with Gasteiger partial charge in [-0.1, -0.05) is 18.9 Å². The number of amides is 3. The first kappa shape index (κ1) is 23.2. The van der Waals surface area contributed by atoms with Gasteiger partial charge in [0.15, 0.2) is 0 Å². The van der Waals surface area contributed by atoms with Crippen molar-refractivity contribution in [3.8, 4) is 0 Å². The third-order valence-electron chi connectivity index (χ3n) is 6.02. The highest BCUT2D eigenvalue weighted by molar-refractivity contribution is 5.91. The number of hydrogen-bond acceptors (Lipinski definition) is 4.